The lowest BCUT2D eigenvalue weighted by atomic mass is 10.1. The van der Waals surface area contributed by atoms with Crippen LogP contribution in [0.15, 0.2) is 36.4 Å². The molecule has 4 nitrogen and oxygen atoms in total. The van der Waals surface area contributed by atoms with E-state index in [1.807, 2.05) is 0 Å². The number of anilines is 1. The summed E-state index contributed by atoms with van der Waals surface area (Å²) in [5.41, 5.74) is 0.941. The van der Waals surface area contributed by atoms with Gasteiger partial charge in [0.2, 0.25) is 15.8 Å². The zero-order chi connectivity index (χ0) is 15.5. The van der Waals surface area contributed by atoms with Crippen LogP contribution in [0.25, 0.3) is 0 Å². The van der Waals surface area contributed by atoms with Crippen LogP contribution >= 0.6 is 22.9 Å². The maximum absolute atomic E-state index is 12.2. The first-order chi connectivity index (χ1) is 9.91. The lowest BCUT2D eigenvalue weighted by molar-refractivity contribution is 0.104. The largest absolute Gasteiger partial charge is 0.288 e. The molecule has 0 atom stereocenters. The summed E-state index contributed by atoms with van der Waals surface area (Å²) in [7, 11) is -3.32. The number of hydrogen-bond acceptors (Lipinski definition) is 4. The molecule has 112 valence electrons. The first-order valence-electron chi connectivity index (χ1n) is 6.32. The fraction of sp³-hybridized carbons (Fsp3) is 0.214. The smallest absolute Gasteiger partial charge is 0.232 e. The van der Waals surface area contributed by atoms with E-state index in [1.165, 1.54) is 11.3 Å². The highest BCUT2D eigenvalue weighted by molar-refractivity contribution is 7.92. The summed E-state index contributed by atoms with van der Waals surface area (Å²) in [6.07, 6.45) is 0.547. The zero-order valence-electron chi connectivity index (χ0n) is 11.3. The van der Waals surface area contributed by atoms with Crippen molar-refractivity contribution in [2.75, 3.05) is 10.5 Å². The number of rotatable bonds is 6. The summed E-state index contributed by atoms with van der Waals surface area (Å²) >= 11 is 7.02. The Balaban J connectivity index is 2.14. The quantitative estimate of drug-likeness (QED) is 0.812. The summed E-state index contributed by atoms with van der Waals surface area (Å²) in [5, 5.41) is 0. The van der Waals surface area contributed by atoms with Gasteiger partial charge in [-0.2, -0.15) is 0 Å². The fourth-order valence-electron chi connectivity index (χ4n) is 1.77. The summed E-state index contributed by atoms with van der Waals surface area (Å²) in [6.45, 7) is 1.80. The second-order valence-electron chi connectivity index (χ2n) is 4.43. The molecule has 2 rings (SSSR count). The number of carbonyl (C=O) groups excluding carboxylic acids is 1. The molecule has 1 heterocycles. The molecule has 0 fully saturated rings. The topological polar surface area (TPSA) is 63.2 Å². The number of thiophene rings is 1. The van der Waals surface area contributed by atoms with Gasteiger partial charge in [-0.15, -0.1) is 11.3 Å². The molecule has 0 spiro atoms. The van der Waals surface area contributed by atoms with Gasteiger partial charge < -0.3 is 0 Å². The van der Waals surface area contributed by atoms with Gasteiger partial charge in [-0.25, -0.2) is 8.42 Å². The van der Waals surface area contributed by atoms with Gasteiger partial charge in [0.05, 0.1) is 15.0 Å². The van der Waals surface area contributed by atoms with E-state index in [0.717, 1.165) is 0 Å². The number of benzene rings is 1. The van der Waals surface area contributed by atoms with Crippen LogP contribution in [0.5, 0.6) is 0 Å². The van der Waals surface area contributed by atoms with Crippen molar-refractivity contribution in [1.29, 1.82) is 0 Å². The second-order valence-corrected chi connectivity index (χ2v) is 7.99. The minimum Gasteiger partial charge on any atom is -0.288 e. The molecule has 21 heavy (non-hydrogen) atoms. The van der Waals surface area contributed by atoms with Crippen LogP contribution in [0.2, 0.25) is 4.34 Å². The Morgan fingerprint density at radius 3 is 2.38 bits per heavy atom. The van der Waals surface area contributed by atoms with Gasteiger partial charge in [0, 0.05) is 11.3 Å². The predicted octanol–water partition coefficient (Wildman–Crippen LogP) is 3.78. The maximum Gasteiger partial charge on any atom is 0.232 e. The third-order valence-corrected chi connectivity index (χ3v) is 5.41. The highest BCUT2D eigenvalue weighted by Gasteiger charge is 2.13. The highest BCUT2D eigenvalue weighted by Crippen LogP contribution is 2.24. The maximum atomic E-state index is 12.2. The Bertz CT molecular complexity index is 736. The van der Waals surface area contributed by atoms with Crippen LogP contribution in [0, 0.1) is 0 Å². The molecule has 0 bridgehead atoms. The van der Waals surface area contributed by atoms with Crippen LogP contribution in [0.3, 0.4) is 0 Å². The average Bonchev–Trinajstić information content (AvgIpc) is 2.85. The van der Waals surface area contributed by atoms with E-state index < -0.39 is 10.0 Å². The van der Waals surface area contributed by atoms with E-state index in [9.17, 15) is 13.2 Å². The molecule has 1 N–H and O–H groups in total. The Labute approximate surface area is 132 Å². The summed E-state index contributed by atoms with van der Waals surface area (Å²) in [5.74, 6) is -0.0589. The number of halogens is 1. The predicted molar refractivity (Wildman–Crippen MR) is 86.9 cm³/mol. The van der Waals surface area contributed by atoms with Crippen molar-refractivity contribution < 1.29 is 13.2 Å². The Morgan fingerprint density at radius 1 is 1.19 bits per heavy atom. The van der Waals surface area contributed by atoms with Crippen molar-refractivity contribution in [1.82, 2.24) is 0 Å². The number of sulfonamides is 1. The van der Waals surface area contributed by atoms with Crippen molar-refractivity contribution >= 4 is 44.4 Å². The minimum absolute atomic E-state index is 0.0708. The standard InChI is InChI=1S/C14H14ClNO3S2/c1-2-9-21(18,19)16-11-5-3-10(4-6-11)14(17)12-7-8-13(15)20-12/h3-8,16H,2,9H2,1H3. The lowest BCUT2D eigenvalue weighted by Gasteiger charge is -2.07. The molecule has 2 aromatic rings. The Kier molecular flexibility index (Phi) is 5.03. The second kappa shape index (κ2) is 6.60. The zero-order valence-corrected chi connectivity index (χ0v) is 13.7. The normalized spacial score (nSPS) is 11.3. The number of hydrogen-bond donors (Lipinski definition) is 1. The van der Waals surface area contributed by atoms with E-state index in [2.05, 4.69) is 4.72 Å². The molecule has 0 aliphatic rings. The highest BCUT2D eigenvalue weighted by atomic mass is 35.5. The molecule has 0 aliphatic carbocycles. The first kappa shape index (κ1) is 16.0. The molecular formula is C14H14ClNO3S2. The van der Waals surface area contributed by atoms with Gasteiger partial charge in [-0.3, -0.25) is 9.52 Å². The molecular weight excluding hydrogens is 330 g/mol. The van der Waals surface area contributed by atoms with E-state index >= 15 is 0 Å². The third-order valence-electron chi connectivity index (χ3n) is 2.69. The number of carbonyl (C=O) groups is 1. The Hall–Kier alpha value is -1.37. The molecule has 1 aromatic carbocycles. The van der Waals surface area contributed by atoms with Crippen molar-refractivity contribution in [2.45, 2.75) is 13.3 Å². The lowest BCUT2D eigenvalue weighted by Crippen LogP contribution is -2.16. The van der Waals surface area contributed by atoms with Gasteiger partial charge in [0.25, 0.3) is 0 Å². The van der Waals surface area contributed by atoms with E-state index in [0.29, 0.717) is 26.9 Å². The minimum atomic E-state index is -3.32. The molecule has 0 unspecified atom stereocenters. The van der Waals surface area contributed by atoms with Crippen LogP contribution in [-0.4, -0.2) is 20.0 Å². The average molecular weight is 344 g/mol. The molecule has 1 aromatic heterocycles. The Morgan fingerprint density at radius 2 is 1.86 bits per heavy atom. The molecule has 7 heteroatoms. The molecule has 0 radical (unpaired) electrons. The summed E-state index contributed by atoms with van der Waals surface area (Å²) in [4.78, 5) is 12.7. The monoisotopic (exact) mass is 343 g/mol. The third kappa shape index (κ3) is 4.30. The van der Waals surface area contributed by atoms with Gasteiger partial charge in [0.1, 0.15) is 0 Å². The number of nitrogens with one attached hydrogen (secondary N) is 1. The van der Waals surface area contributed by atoms with E-state index in [1.54, 1.807) is 43.3 Å². The van der Waals surface area contributed by atoms with Gasteiger partial charge >= 0.3 is 0 Å². The van der Waals surface area contributed by atoms with Gasteiger partial charge in [-0.1, -0.05) is 18.5 Å². The van der Waals surface area contributed by atoms with Crippen LogP contribution in [0.1, 0.15) is 28.6 Å². The van der Waals surface area contributed by atoms with Crippen LogP contribution in [0.4, 0.5) is 5.69 Å². The van der Waals surface area contributed by atoms with Crippen LogP contribution in [-0.2, 0) is 10.0 Å². The number of ketones is 1. The van der Waals surface area contributed by atoms with Crippen molar-refractivity contribution in [3.8, 4) is 0 Å². The SMILES string of the molecule is CCCS(=O)(=O)Nc1ccc(C(=O)c2ccc(Cl)s2)cc1. The van der Waals surface area contributed by atoms with Crippen molar-refractivity contribution in [3.63, 3.8) is 0 Å². The summed E-state index contributed by atoms with van der Waals surface area (Å²) in [6, 6.07) is 9.70. The molecule has 0 aliphatic heterocycles. The first-order valence-corrected chi connectivity index (χ1v) is 9.16. The van der Waals surface area contributed by atoms with Crippen LogP contribution < -0.4 is 4.72 Å². The fourth-order valence-corrected chi connectivity index (χ4v) is 3.91. The van der Waals surface area contributed by atoms with Gasteiger partial charge in [-0.05, 0) is 42.8 Å². The molecule has 0 saturated carbocycles. The molecule has 0 saturated heterocycles. The van der Waals surface area contributed by atoms with Gasteiger partial charge in [0.15, 0.2) is 0 Å². The van der Waals surface area contributed by atoms with E-state index in [-0.39, 0.29) is 11.5 Å². The molecule has 0 amide bonds. The van der Waals surface area contributed by atoms with Crippen molar-refractivity contribution in [3.05, 3.63) is 51.2 Å². The van der Waals surface area contributed by atoms with Crippen molar-refractivity contribution in [2.24, 2.45) is 0 Å². The van der Waals surface area contributed by atoms with E-state index in [4.69, 9.17) is 11.6 Å². The summed E-state index contributed by atoms with van der Waals surface area (Å²) < 4.78 is 26.3.